The van der Waals surface area contributed by atoms with E-state index >= 15 is 0 Å². The average molecular weight is 435 g/mol. The molecular formula is C29H55P. The number of aryl methyl sites for hydroxylation is 1. The Labute approximate surface area is 192 Å². The normalized spacial score (nSPS) is 13.0. The van der Waals surface area contributed by atoms with Gasteiger partial charge < -0.3 is 0 Å². The molecule has 1 unspecified atom stereocenters. The standard InChI is InChI=1S/C15H25P.C14H30/c1-12-8-10-13(11-9-12)16(7)15(5,6)14(2,3)4;1-3-5-7-9-11-13-14-12-10-8-6-4-2/h8-11H,1-7H3;3-14H2,1-2H3. The molecule has 0 N–H and O–H groups in total. The van der Waals surface area contributed by atoms with E-state index in [2.05, 4.69) is 86.3 Å². The molecular weight excluding hydrogens is 379 g/mol. The lowest BCUT2D eigenvalue weighted by Crippen LogP contribution is -2.37. The van der Waals surface area contributed by atoms with Crippen LogP contribution in [0.15, 0.2) is 24.3 Å². The van der Waals surface area contributed by atoms with Crippen LogP contribution < -0.4 is 5.30 Å². The quantitative estimate of drug-likeness (QED) is 0.214. The maximum absolute atomic E-state index is 2.41. The fraction of sp³-hybridized carbons (Fsp3) is 0.793. The average Bonchev–Trinajstić information content (AvgIpc) is 2.69. The van der Waals surface area contributed by atoms with Crippen molar-refractivity contribution in [2.45, 2.75) is 138 Å². The summed E-state index contributed by atoms with van der Waals surface area (Å²) in [5.74, 6) is 0. The summed E-state index contributed by atoms with van der Waals surface area (Å²) in [6, 6.07) is 9.06. The van der Waals surface area contributed by atoms with Gasteiger partial charge in [0.15, 0.2) is 0 Å². The summed E-state index contributed by atoms with van der Waals surface area (Å²) in [6.07, 6.45) is 17.4. The van der Waals surface area contributed by atoms with E-state index in [4.69, 9.17) is 0 Å². The molecule has 0 spiro atoms. The molecule has 0 aliphatic heterocycles. The first kappa shape index (κ1) is 29.7. The maximum Gasteiger partial charge on any atom is -0.00649 e. The van der Waals surface area contributed by atoms with Gasteiger partial charge in [-0.15, -0.1) is 0 Å². The van der Waals surface area contributed by atoms with Gasteiger partial charge in [-0.2, -0.15) is 0 Å². The van der Waals surface area contributed by atoms with Gasteiger partial charge in [0.25, 0.3) is 0 Å². The van der Waals surface area contributed by atoms with E-state index in [-0.39, 0.29) is 7.92 Å². The molecule has 0 aliphatic carbocycles. The predicted molar refractivity (Wildman–Crippen MR) is 144 cm³/mol. The third-order valence-electron chi connectivity index (χ3n) is 7.05. The number of hydrogen-bond acceptors (Lipinski definition) is 0. The summed E-state index contributed by atoms with van der Waals surface area (Å²) < 4.78 is 0. The van der Waals surface area contributed by atoms with Crippen LogP contribution in [0.4, 0.5) is 0 Å². The molecule has 0 amide bonds. The first-order valence-electron chi connectivity index (χ1n) is 12.9. The molecule has 0 fully saturated rings. The lowest BCUT2D eigenvalue weighted by atomic mass is 9.82. The van der Waals surface area contributed by atoms with Crippen LogP contribution >= 0.6 is 7.92 Å². The predicted octanol–water partition coefficient (Wildman–Crippen LogP) is 10.3. The van der Waals surface area contributed by atoms with Crippen molar-refractivity contribution in [3.05, 3.63) is 29.8 Å². The van der Waals surface area contributed by atoms with Crippen molar-refractivity contribution in [3.8, 4) is 0 Å². The summed E-state index contributed by atoms with van der Waals surface area (Å²) >= 11 is 0. The summed E-state index contributed by atoms with van der Waals surface area (Å²) in [7, 11) is -0.119. The molecule has 0 radical (unpaired) electrons. The van der Waals surface area contributed by atoms with Crippen LogP contribution in [0.2, 0.25) is 0 Å². The van der Waals surface area contributed by atoms with Crippen LogP contribution in [-0.4, -0.2) is 11.8 Å². The molecule has 0 saturated carbocycles. The van der Waals surface area contributed by atoms with Gasteiger partial charge in [-0.25, -0.2) is 0 Å². The highest BCUT2D eigenvalue weighted by molar-refractivity contribution is 7.66. The Morgan fingerprint density at radius 2 is 0.933 bits per heavy atom. The molecule has 1 aromatic carbocycles. The molecule has 1 aromatic rings. The third-order valence-corrected chi connectivity index (χ3v) is 10.5. The van der Waals surface area contributed by atoms with E-state index in [0.29, 0.717) is 10.6 Å². The summed E-state index contributed by atoms with van der Waals surface area (Å²) in [4.78, 5) is 0. The second kappa shape index (κ2) is 16.3. The molecule has 0 heterocycles. The third kappa shape index (κ3) is 12.5. The van der Waals surface area contributed by atoms with E-state index in [1.165, 1.54) is 87.9 Å². The van der Waals surface area contributed by atoms with E-state index in [1.54, 1.807) is 0 Å². The zero-order valence-electron chi connectivity index (χ0n) is 22.2. The van der Waals surface area contributed by atoms with Crippen molar-refractivity contribution in [3.63, 3.8) is 0 Å². The Hall–Kier alpha value is -0.350. The van der Waals surface area contributed by atoms with Crippen molar-refractivity contribution in [1.29, 1.82) is 0 Å². The van der Waals surface area contributed by atoms with Crippen molar-refractivity contribution < 1.29 is 0 Å². The Morgan fingerprint density at radius 3 is 1.23 bits per heavy atom. The number of hydrogen-bond donors (Lipinski definition) is 0. The minimum atomic E-state index is -0.119. The topological polar surface area (TPSA) is 0 Å². The largest absolute Gasteiger partial charge is 0.0722 e. The number of rotatable bonds is 13. The zero-order chi connectivity index (χ0) is 23.0. The molecule has 0 aliphatic rings. The van der Waals surface area contributed by atoms with E-state index in [9.17, 15) is 0 Å². The lowest BCUT2D eigenvalue weighted by molar-refractivity contribution is 0.315. The number of unbranched alkanes of at least 4 members (excludes halogenated alkanes) is 11. The van der Waals surface area contributed by atoms with Crippen LogP contribution in [0, 0.1) is 12.3 Å². The molecule has 0 saturated heterocycles. The fourth-order valence-corrected chi connectivity index (χ4v) is 5.76. The molecule has 1 atom stereocenters. The molecule has 0 nitrogen and oxygen atoms in total. The van der Waals surface area contributed by atoms with E-state index in [0.717, 1.165) is 0 Å². The first-order chi connectivity index (χ1) is 14.1. The second-order valence-corrected chi connectivity index (χ2v) is 13.5. The maximum atomic E-state index is 2.41. The van der Waals surface area contributed by atoms with Gasteiger partial charge in [-0.05, 0) is 29.5 Å². The molecule has 1 heteroatoms. The Morgan fingerprint density at radius 1 is 0.600 bits per heavy atom. The molecule has 0 bridgehead atoms. The van der Waals surface area contributed by atoms with Crippen LogP contribution in [0.25, 0.3) is 0 Å². The van der Waals surface area contributed by atoms with Gasteiger partial charge in [0, 0.05) is 0 Å². The zero-order valence-corrected chi connectivity index (χ0v) is 23.1. The van der Waals surface area contributed by atoms with E-state index in [1.807, 2.05) is 0 Å². The smallest absolute Gasteiger partial charge is 0.00649 e. The summed E-state index contributed by atoms with van der Waals surface area (Å²) in [5.41, 5.74) is 1.69. The summed E-state index contributed by atoms with van der Waals surface area (Å²) in [5, 5.41) is 1.87. The monoisotopic (exact) mass is 434 g/mol. The molecule has 176 valence electrons. The lowest BCUT2D eigenvalue weighted by Gasteiger charge is -2.44. The van der Waals surface area contributed by atoms with Crippen LogP contribution in [-0.2, 0) is 0 Å². The Kier molecular flexibility index (Phi) is 16.1. The number of benzene rings is 1. The van der Waals surface area contributed by atoms with Crippen molar-refractivity contribution >= 4 is 13.2 Å². The highest BCUT2D eigenvalue weighted by atomic mass is 31.1. The van der Waals surface area contributed by atoms with Crippen LogP contribution in [0.5, 0.6) is 0 Å². The van der Waals surface area contributed by atoms with Crippen LogP contribution in [0.1, 0.15) is 131 Å². The molecule has 1 rings (SSSR count). The van der Waals surface area contributed by atoms with E-state index < -0.39 is 0 Å². The van der Waals surface area contributed by atoms with Crippen molar-refractivity contribution in [1.82, 2.24) is 0 Å². The van der Waals surface area contributed by atoms with Gasteiger partial charge in [0.1, 0.15) is 0 Å². The van der Waals surface area contributed by atoms with Crippen molar-refractivity contribution in [2.24, 2.45) is 5.41 Å². The fourth-order valence-electron chi connectivity index (χ4n) is 3.51. The van der Waals surface area contributed by atoms with Crippen LogP contribution in [0.3, 0.4) is 0 Å². The highest BCUT2D eigenvalue weighted by Crippen LogP contribution is 2.54. The van der Waals surface area contributed by atoms with Gasteiger partial charge in [0.05, 0.1) is 0 Å². The van der Waals surface area contributed by atoms with Gasteiger partial charge in [-0.1, -0.05) is 163 Å². The van der Waals surface area contributed by atoms with Crippen molar-refractivity contribution in [2.75, 3.05) is 6.66 Å². The van der Waals surface area contributed by atoms with Gasteiger partial charge >= 0.3 is 0 Å². The summed E-state index contributed by atoms with van der Waals surface area (Å²) in [6.45, 7) is 21.0. The SMILES string of the molecule is CCCCCCCCCCCCCC.Cc1ccc(P(C)C(C)(C)C(C)(C)C)cc1. The minimum Gasteiger partial charge on any atom is -0.0722 e. The molecule has 0 aromatic heterocycles. The van der Waals surface area contributed by atoms with Gasteiger partial charge in [-0.3, -0.25) is 0 Å². The highest BCUT2D eigenvalue weighted by Gasteiger charge is 2.38. The minimum absolute atomic E-state index is 0.119. The Balaban J connectivity index is 0.000000567. The Bertz CT molecular complexity index is 494. The van der Waals surface area contributed by atoms with Gasteiger partial charge in [0.2, 0.25) is 0 Å². The second-order valence-electron chi connectivity index (χ2n) is 10.7. The molecule has 30 heavy (non-hydrogen) atoms. The first-order valence-corrected chi connectivity index (χ1v) is 14.7.